The van der Waals surface area contributed by atoms with Gasteiger partial charge in [-0.3, -0.25) is 14.6 Å². The molecule has 0 atom stereocenters. The average molecular weight is 342 g/mol. The molecule has 3 rings (SSSR count). The topological polar surface area (TPSA) is 74.5 Å². The number of hydrogen-bond acceptors (Lipinski definition) is 4. The van der Waals surface area contributed by atoms with Crippen molar-refractivity contribution in [3.63, 3.8) is 0 Å². The highest BCUT2D eigenvalue weighted by Gasteiger charge is 2.13. The number of nitrogens with zero attached hydrogens (tertiary/aromatic N) is 3. The van der Waals surface area contributed by atoms with Crippen LogP contribution >= 0.6 is 11.6 Å². The summed E-state index contributed by atoms with van der Waals surface area (Å²) in [6.07, 6.45) is 0. The molecule has 6 nitrogen and oxygen atoms in total. The minimum Gasteiger partial charge on any atom is -0.337 e. The first kappa shape index (κ1) is 16.0. The third kappa shape index (κ3) is 3.38. The summed E-state index contributed by atoms with van der Waals surface area (Å²) < 4.78 is 1.34. The Morgan fingerprint density at radius 1 is 1.08 bits per heavy atom. The van der Waals surface area contributed by atoms with E-state index < -0.39 is 0 Å². The van der Waals surface area contributed by atoms with E-state index in [2.05, 4.69) is 20.6 Å². The molecule has 0 bridgehead atoms. The number of aromatic nitrogens is 2. The first-order chi connectivity index (χ1) is 11.5. The van der Waals surface area contributed by atoms with Gasteiger partial charge in [-0.1, -0.05) is 41.4 Å². The van der Waals surface area contributed by atoms with Crippen LogP contribution < -0.4 is 10.9 Å². The Kier molecular flexibility index (Phi) is 4.48. The second kappa shape index (κ2) is 6.72. The summed E-state index contributed by atoms with van der Waals surface area (Å²) in [4.78, 5) is 12.2. The van der Waals surface area contributed by atoms with E-state index in [4.69, 9.17) is 11.6 Å². The molecular formula is C17H16ClN5O. The maximum Gasteiger partial charge on any atom is 0.296 e. The van der Waals surface area contributed by atoms with Gasteiger partial charge in [-0.25, -0.2) is 0 Å². The summed E-state index contributed by atoms with van der Waals surface area (Å²) in [7, 11) is 1.62. The van der Waals surface area contributed by atoms with Crippen molar-refractivity contribution < 1.29 is 0 Å². The van der Waals surface area contributed by atoms with Crippen LogP contribution in [0.15, 0.2) is 63.6 Å². The lowest BCUT2D eigenvalue weighted by Crippen LogP contribution is -2.10. The molecule has 0 aliphatic heterocycles. The van der Waals surface area contributed by atoms with Crippen molar-refractivity contribution >= 4 is 34.5 Å². The molecule has 0 aliphatic carbocycles. The normalized spacial score (nSPS) is 11.1. The molecule has 2 aromatic carbocycles. The fourth-order valence-corrected chi connectivity index (χ4v) is 2.32. The Bertz CT molecular complexity index is 940. The Hall–Kier alpha value is -2.86. The summed E-state index contributed by atoms with van der Waals surface area (Å²) in [5, 5.41) is 14.8. The molecule has 1 aromatic heterocycles. The molecule has 7 heteroatoms. The van der Waals surface area contributed by atoms with Crippen LogP contribution in [0.4, 0.5) is 22.9 Å². The number of rotatable bonds is 4. The van der Waals surface area contributed by atoms with E-state index in [1.54, 1.807) is 13.1 Å². The van der Waals surface area contributed by atoms with E-state index in [1.165, 1.54) is 4.68 Å². The fraction of sp³-hybridized carbons (Fsp3) is 0.118. The van der Waals surface area contributed by atoms with Crippen molar-refractivity contribution in [2.75, 3.05) is 5.32 Å². The zero-order chi connectivity index (χ0) is 17.1. The van der Waals surface area contributed by atoms with Gasteiger partial charge in [0.2, 0.25) is 0 Å². The van der Waals surface area contributed by atoms with E-state index in [1.807, 2.05) is 49.4 Å². The zero-order valence-electron chi connectivity index (χ0n) is 13.2. The highest BCUT2D eigenvalue weighted by molar-refractivity contribution is 6.33. The van der Waals surface area contributed by atoms with Crippen LogP contribution in [-0.4, -0.2) is 9.78 Å². The van der Waals surface area contributed by atoms with E-state index in [9.17, 15) is 4.79 Å². The summed E-state index contributed by atoms with van der Waals surface area (Å²) in [5.41, 5.74) is 2.39. The lowest BCUT2D eigenvalue weighted by atomic mass is 10.2. The minimum atomic E-state index is -0.277. The molecule has 0 spiro atoms. The molecule has 0 unspecified atom stereocenters. The van der Waals surface area contributed by atoms with Gasteiger partial charge in [0, 0.05) is 7.05 Å². The van der Waals surface area contributed by atoms with Crippen LogP contribution in [0.3, 0.4) is 0 Å². The molecular weight excluding hydrogens is 326 g/mol. The Morgan fingerprint density at radius 3 is 2.50 bits per heavy atom. The SMILES string of the molecule is Cc1ccc(N=Nc2c(Nc3ccccc3Cl)[nH]n(C)c2=O)cc1. The highest BCUT2D eigenvalue weighted by Crippen LogP contribution is 2.28. The predicted molar refractivity (Wildman–Crippen MR) is 96.1 cm³/mol. The number of nitrogens with one attached hydrogen (secondary N) is 2. The summed E-state index contributed by atoms with van der Waals surface area (Å²) in [6, 6.07) is 14.8. The maximum absolute atomic E-state index is 12.2. The van der Waals surface area contributed by atoms with Gasteiger partial charge in [0.25, 0.3) is 5.56 Å². The van der Waals surface area contributed by atoms with Gasteiger partial charge in [-0.2, -0.15) is 5.11 Å². The largest absolute Gasteiger partial charge is 0.337 e. The van der Waals surface area contributed by atoms with Crippen molar-refractivity contribution in [3.8, 4) is 0 Å². The molecule has 2 N–H and O–H groups in total. The van der Waals surface area contributed by atoms with Crippen LogP contribution in [0.25, 0.3) is 0 Å². The number of anilines is 2. The second-order valence-electron chi connectivity index (χ2n) is 5.34. The van der Waals surface area contributed by atoms with Crippen molar-refractivity contribution in [2.24, 2.45) is 17.3 Å². The Balaban J connectivity index is 1.94. The summed E-state index contributed by atoms with van der Waals surface area (Å²) in [5.74, 6) is 0.437. The number of azo groups is 1. The van der Waals surface area contributed by atoms with Crippen molar-refractivity contribution in [2.45, 2.75) is 6.92 Å². The van der Waals surface area contributed by atoms with Gasteiger partial charge < -0.3 is 5.32 Å². The molecule has 24 heavy (non-hydrogen) atoms. The molecule has 3 aromatic rings. The molecule has 1 heterocycles. The average Bonchev–Trinajstić information content (AvgIpc) is 2.83. The van der Waals surface area contributed by atoms with Gasteiger partial charge in [-0.05, 0) is 31.2 Å². The van der Waals surface area contributed by atoms with Crippen LogP contribution in [-0.2, 0) is 7.05 Å². The van der Waals surface area contributed by atoms with Gasteiger partial charge in [-0.15, -0.1) is 5.11 Å². The standard InChI is InChI=1S/C17H16ClN5O/c1-11-7-9-12(10-8-11)20-21-15-16(22-23(2)17(15)24)19-14-6-4-3-5-13(14)18/h3-10,19,22H,1-2H3. The number of benzene rings is 2. The molecule has 0 amide bonds. The number of hydrogen-bond donors (Lipinski definition) is 2. The molecule has 0 fully saturated rings. The lowest BCUT2D eigenvalue weighted by molar-refractivity contribution is 0.743. The smallest absolute Gasteiger partial charge is 0.296 e. The number of aromatic amines is 1. The minimum absolute atomic E-state index is 0.193. The van der Waals surface area contributed by atoms with E-state index in [0.717, 1.165) is 5.56 Å². The van der Waals surface area contributed by atoms with E-state index >= 15 is 0 Å². The van der Waals surface area contributed by atoms with Crippen LogP contribution in [0.1, 0.15) is 5.56 Å². The fourth-order valence-electron chi connectivity index (χ4n) is 2.13. The van der Waals surface area contributed by atoms with Crippen LogP contribution in [0.2, 0.25) is 5.02 Å². The molecule has 0 saturated heterocycles. The zero-order valence-corrected chi connectivity index (χ0v) is 14.0. The molecule has 0 saturated carbocycles. The van der Waals surface area contributed by atoms with Gasteiger partial charge in [0.05, 0.1) is 16.4 Å². The van der Waals surface area contributed by atoms with E-state index in [0.29, 0.717) is 22.2 Å². The molecule has 0 aliphatic rings. The quantitative estimate of drug-likeness (QED) is 0.666. The third-order valence-corrected chi connectivity index (χ3v) is 3.79. The number of para-hydroxylation sites is 1. The summed E-state index contributed by atoms with van der Waals surface area (Å²) >= 11 is 6.15. The highest BCUT2D eigenvalue weighted by atomic mass is 35.5. The van der Waals surface area contributed by atoms with Crippen molar-refractivity contribution in [1.29, 1.82) is 0 Å². The first-order valence-electron chi connectivity index (χ1n) is 7.33. The summed E-state index contributed by atoms with van der Waals surface area (Å²) in [6.45, 7) is 1.99. The monoisotopic (exact) mass is 341 g/mol. The van der Waals surface area contributed by atoms with Gasteiger partial charge in [0.15, 0.2) is 11.5 Å². The van der Waals surface area contributed by atoms with Gasteiger partial charge >= 0.3 is 0 Å². The third-order valence-electron chi connectivity index (χ3n) is 3.46. The Morgan fingerprint density at radius 2 is 1.79 bits per heavy atom. The predicted octanol–water partition coefficient (Wildman–Crippen LogP) is 4.83. The molecule has 122 valence electrons. The lowest BCUT2D eigenvalue weighted by Gasteiger charge is -2.06. The number of halogens is 1. The second-order valence-corrected chi connectivity index (χ2v) is 5.75. The first-order valence-corrected chi connectivity index (χ1v) is 7.71. The molecule has 0 radical (unpaired) electrons. The Labute approximate surface area is 143 Å². The van der Waals surface area contributed by atoms with Gasteiger partial charge in [0.1, 0.15) is 0 Å². The number of aryl methyl sites for hydroxylation is 2. The number of H-pyrrole nitrogens is 1. The van der Waals surface area contributed by atoms with Crippen LogP contribution in [0.5, 0.6) is 0 Å². The van der Waals surface area contributed by atoms with Crippen LogP contribution in [0, 0.1) is 6.92 Å². The van der Waals surface area contributed by atoms with Crippen molar-refractivity contribution in [3.05, 3.63) is 69.5 Å². The van der Waals surface area contributed by atoms with Crippen molar-refractivity contribution in [1.82, 2.24) is 9.78 Å². The van der Waals surface area contributed by atoms with E-state index in [-0.39, 0.29) is 11.2 Å². The maximum atomic E-state index is 12.2.